The molecule has 3 aromatic rings. The summed E-state index contributed by atoms with van der Waals surface area (Å²) in [5, 5.41) is 22.6. The summed E-state index contributed by atoms with van der Waals surface area (Å²) < 4.78 is 8.98. The lowest BCUT2D eigenvalue weighted by molar-refractivity contribution is -0.113. The molecule has 2 aromatic heterocycles. The number of hydrogen-bond acceptors (Lipinski definition) is 7. The van der Waals surface area contributed by atoms with Crippen LogP contribution < -0.4 is 10.1 Å². The minimum Gasteiger partial charge on any atom is -0.483 e. The maximum absolute atomic E-state index is 12.7. The van der Waals surface area contributed by atoms with Crippen molar-refractivity contribution >= 4 is 49.9 Å². The molecule has 34 heavy (non-hydrogen) atoms. The highest BCUT2D eigenvalue weighted by Gasteiger charge is 2.25. The molecule has 2 unspecified atom stereocenters. The van der Waals surface area contributed by atoms with E-state index in [0.29, 0.717) is 34.0 Å². The number of fused-ring (bicyclic) bond motifs is 1. The van der Waals surface area contributed by atoms with Crippen molar-refractivity contribution in [1.29, 1.82) is 5.26 Å². The first kappa shape index (κ1) is 24.8. The van der Waals surface area contributed by atoms with Crippen LogP contribution in [0.3, 0.4) is 0 Å². The number of nitrogens with zero attached hydrogens (tertiary/aromatic N) is 4. The van der Waals surface area contributed by atoms with Crippen LogP contribution in [0.2, 0.25) is 0 Å². The first-order chi connectivity index (χ1) is 16.4. The van der Waals surface area contributed by atoms with Gasteiger partial charge in [-0.1, -0.05) is 34.6 Å². The molecule has 2 atom stereocenters. The zero-order valence-electron chi connectivity index (χ0n) is 19.3. The first-order valence-electron chi connectivity index (χ1n) is 11.2. The van der Waals surface area contributed by atoms with E-state index in [2.05, 4.69) is 44.4 Å². The highest BCUT2D eigenvalue weighted by atomic mass is 79.9. The van der Waals surface area contributed by atoms with Gasteiger partial charge < -0.3 is 14.6 Å². The van der Waals surface area contributed by atoms with Gasteiger partial charge in [0.15, 0.2) is 17.1 Å². The third-order valence-corrected chi connectivity index (χ3v) is 8.43. The summed E-state index contributed by atoms with van der Waals surface area (Å²) in [7, 11) is 0. The van der Waals surface area contributed by atoms with E-state index in [1.807, 2.05) is 42.7 Å². The summed E-state index contributed by atoms with van der Waals surface area (Å²) in [6.07, 6.45) is 2.67. The van der Waals surface area contributed by atoms with Gasteiger partial charge in [-0.15, -0.1) is 21.5 Å². The van der Waals surface area contributed by atoms with Crippen LogP contribution in [-0.2, 0) is 24.2 Å². The van der Waals surface area contributed by atoms with Gasteiger partial charge in [-0.3, -0.25) is 4.79 Å². The van der Waals surface area contributed by atoms with E-state index in [0.717, 1.165) is 35.0 Å². The fourth-order valence-electron chi connectivity index (χ4n) is 4.02. The first-order valence-corrected chi connectivity index (χ1v) is 13.8. The number of rotatable bonds is 8. The summed E-state index contributed by atoms with van der Waals surface area (Å²) >= 11 is 6.30. The number of hydrogen-bond donors (Lipinski definition) is 1. The number of thiophene rings is 1. The van der Waals surface area contributed by atoms with E-state index in [9.17, 15) is 10.1 Å². The molecule has 0 saturated heterocycles. The second-order valence-electron chi connectivity index (χ2n) is 8.30. The van der Waals surface area contributed by atoms with Gasteiger partial charge in [0.25, 0.3) is 0 Å². The molecule has 0 bridgehead atoms. The van der Waals surface area contributed by atoms with Crippen molar-refractivity contribution in [2.75, 3.05) is 11.1 Å². The van der Waals surface area contributed by atoms with Gasteiger partial charge >= 0.3 is 0 Å². The van der Waals surface area contributed by atoms with Crippen LogP contribution in [-0.4, -0.2) is 26.4 Å². The zero-order valence-corrected chi connectivity index (χ0v) is 22.5. The molecule has 1 amide bonds. The molecule has 7 nitrogen and oxygen atoms in total. The summed E-state index contributed by atoms with van der Waals surface area (Å²) in [5.41, 5.74) is 1.74. The molecule has 0 spiro atoms. The largest absolute Gasteiger partial charge is 0.483 e. The number of nitrogens with one attached hydrogen (secondary N) is 1. The number of amides is 1. The van der Waals surface area contributed by atoms with Gasteiger partial charge in [-0.2, -0.15) is 5.26 Å². The molecule has 0 fully saturated rings. The zero-order chi connectivity index (χ0) is 24.2. The average molecular weight is 561 g/mol. The Balaban J connectivity index is 1.40. The monoisotopic (exact) mass is 559 g/mol. The Labute approximate surface area is 216 Å². The number of aromatic nitrogens is 3. The number of halogens is 1. The predicted octanol–water partition coefficient (Wildman–Crippen LogP) is 5.99. The molecular weight excluding hydrogens is 534 g/mol. The van der Waals surface area contributed by atoms with Crippen molar-refractivity contribution in [3.05, 3.63) is 50.6 Å². The van der Waals surface area contributed by atoms with Crippen molar-refractivity contribution in [3.8, 4) is 11.8 Å². The second kappa shape index (κ2) is 10.9. The number of thioether (sulfide) groups is 1. The van der Waals surface area contributed by atoms with E-state index in [-0.39, 0.29) is 17.8 Å². The van der Waals surface area contributed by atoms with Crippen LogP contribution in [0.5, 0.6) is 5.75 Å². The Kier molecular flexibility index (Phi) is 7.96. The normalized spacial score (nSPS) is 15.9. The minimum atomic E-state index is -0.296. The van der Waals surface area contributed by atoms with Gasteiger partial charge in [-0.05, 0) is 68.9 Å². The lowest BCUT2D eigenvalue weighted by Gasteiger charge is -2.17. The number of ether oxygens (including phenoxy) is 1. The molecule has 1 N–H and O–H groups in total. The van der Waals surface area contributed by atoms with Gasteiger partial charge in [-0.25, -0.2) is 0 Å². The molecule has 2 heterocycles. The highest BCUT2D eigenvalue weighted by molar-refractivity contribution is 9.10. The van der Waals surface area contributed by atoms with Crippen LogP contribution in [0, 0.1) is 17.2 Å². The molecule has 178 valence electrons. The quantitative estimate of drug-likeness (QED) is 0.341. The Morgan fingerprint density at radius 1 is 1.41 bits per heavy atom. The third kappa shape index (κ3) is 5.48. The highest BCUT2D eigenvalue weighted by Crippen LogP contribution is 2.39. The molecule has 4 rings (SSSR count). The molecule has 0 radical (unpaired) electrons. The van der Waals surface area contributed by atoms with E-state index in [1.165, 1.54) is 16.6 Å². The number of carbonyl (C=O) groups excluding carboxylic acids is 1. The topological polar surface area (TPSA) is 92.8 Å². The van der Waals surface area contributed by atoms with E-state index in [4.69, 9.17) is 4.74 Å². The molecule has 1 aliphatic carbocycles. The van der Waals surface area contributed by atoms with Crippen LogP contribution in [0.25, 0.3) is 0 Å². The van der Waals surface area contributed by atoms with Crippen molar-refractivity contribution < 1.29 is 9.53 Å². The van der Waals surface area contributed by atoms with Crippen molar-refractivity contribution in [3.63, 3.8) is 0 Å². The van der Waals surface area contributed by atoms with E-state index in [1.54, 1.807) is 11.3 Å². The Morgan fingerprint density at radius 3 is 2.88 bits per heavy atom. The SMILES string of the molecule is CCn1c(SCC(=O)Nc2sc3c(c2C#N)CCC(C)C3)nnc1C(C)Oc1ccc(Br)cc1. The fourth-order valence-corrected chi connectivity index (χ4v) is 6.48. The van der Waals surface area contributed by atoms with Gasteiger partial charge in [0.1, 0.15) is 16.8 Å². The molecule has 0 saturated carbocycles. The Hall–Kier alpha value is -2.35. The lowest BCUT2D eigenvalue weighted by atomic mass is 9.89. The predicted molar refractivity (Wildman–Crippen MR) is 138 cm³/mol. The van der Waals surface area contributed by atoms with E-state index < -0.39 is 0 Å². The summed E-state index contributed by atoms with van der Waals surface area (Å²) in [4.78, 5) is 13.9. The Morgan fingerprint density at radius 2 is 2.18 bits per heavy atom. The van der Waals surface area contributed by atoms with Crippen molar-refractivity contribution in [2.45, 2.75) is 57.8 Å². The van der Waals surface area contributed by atoms with Crippen LogP contribution in [0.4, 0.5) is 5.00 Å². The van der Waals surface area contributed by atoms with Crippen LogP contribution in [0.1, 0.15) is 55.1 Å². The van der Waals surface area contributed by atoms with Crippen molar-refractivity contribution in [1.82, 2.24) is 14.8 Å². The number of nitriles is 1. The number of carbonyl (C=O) groups is 1. The fraction of sp³-hybridized carbons (Fsp3) is 0.417. The maximum Gasteiger partial charge on any atom is 0.235 e. The van der Waals surface area contributed by atoms with Crippen LogP contribution >= 0.6 is 39.0 Å². The van der Waals surface area contributed by atoms with Gasteiger partial charge in [0.05, 0.1) is 11.3 Å². The Bertz CT molecular complexity index is 1220. The molecule has 1 aliphatic rings. The third-order valence-electron chi connectivity index (χ3n) is 5.76. The smallest absolute Gasteiger partial charge is 0.235 e. The van der Waals surface area contributed by atoms with Crippen LogP contribution in [0.15, 0.2) is 33.9 Å². The van der Waals surface area contributed by atoms with Gasteiger partial charge in [0, 0.05) is 15.9 Å². The van der Waals surface area contributed by atoms with Crippen molar-refractivity contribution in [2.24, 2.45) is 5.92 Å². The lowest BCUT2D eigenvalue weighted by Crippen LogP contribution is -2.15. The molecule has 1 aromatic carbocycles. The summed E-state index contributed by atoms with van der Waals surface area (Å²) in [6.45, 7) is 6.84. The van der Waals surface area contributed by atoms with Gasteiger partial charge in [0.2, 0.25) is 5.91 Å². The van der Waals surface area contributed by atoms with E-state index >= 15 is 0 Å². The molecule has 0 aliphatic heterocycles. The average Bonchev–Trinajstić information content (AvgIpc) is 3.38. The standard InChI is InChI=1S/C24H26BrN5O2S2/c1-4-30-22(15(3)32-17-8-6-16(25)7-9-17)28-29-24(30)33-13-21(31)27-23-19(12-26)18-10-5-14(2)11-20(18)34-23/h6-9,14-15H,4-5,10-11,13H2,1-3H3,(H,27,31). The summed E-state index contributed by atoms with van der Waals surface area (Å²) in [6, 6.07) is 9.94. The molecule has 10 heteroatoms. The number of anilines is 1. The minimum absolute atomic E-state index is 0.153. The molecular formula is C24H26BrN5O2S2. The second-order valence-corrected chi connectivity index (χ2v) is 11.3. The number of benzene rings is 1. The maximum atomic E-state index is 12.7. The summed E-state index contributed by atoms with van der Waals surface area (Å²) in [5.74, 6) is 2.10.